The van der Waals surface area contributed by atoms with Crippen LogP contribution in [0, 0.1) is 0 Å². The quantitative estimate of drug-likeness (QED) is 0.757. The molecular weight excluding hydrogens is 178 g/mol. The molecule has 1 aromatic carbocycles. The van der Waals surface area contributed by atoms with Crippen LogP contribution in [0.2, 0.25) is 0 Å². The molecule has 0 saturated heterocycles. The summed E-state index contributed by atoms with van der Waals surface area (Å²) in [7, 11) is 0. The highest BCUT2D eigenvalue weighted by molar-refractivity contribution is 5.82. The normalized spacial score (nSPS) is 8.43. The number of carboxylic acid groups (broad SMARTS) is 1. The van der Waals surface area contributed by atoms with Crippen LogP contribution in [0.15, 0.2) is 30.3 Å². The summed E-state index contributed by atoms with van der Waals surface area (Å²) >= 11 is 0. The van der Waals surface area contributed by atoms with E-state index in [0.29, 0.717) is 5.69 Å². The van der Waals surface area contributed by atoms with Gasteiger partial charge >= 0.3 is 6.09 Å². The second kappa shape index (κ2) is 8.10. The molecule has 1 rings (SSSR count). The number of amides is 1. The van der Waals surface area contributed by atoms with Crippen molar-refractivity contribution in [3.8, 4) is 0 Å². The third-order valence-electron chi connectivity index (χ3n) is 1.53. The summed E-state index contributed by atoms with van der Waals surface area (Å²) in [4.78, 5) is 10.1. The lowest BCUT2D eigenvalue weighted by atomic mass is 10.3. The second-order valence-corrected chi connectivity index (χ2v) is 2.80. The minimum absolute atomic E-state index is 0.593. The molecule has 78 valence electrons. The van der Waals surface area contributed by atoms with Crippen LogP contribution >= 0.6 is 0 Å². The maximum absolute atomic E-state index is 10.1. The van der Waals surface area contributed by atoms with Gasteiger partial charge in [-0.3, -0.25) is 5.32 Å². The zero-order valence-corrected chi connectivity index (χ0v) is 8.66. The molecule has 0 radical (unpaired) electrons. The van der Waals surface area contributed by atoms with E-state index in [0.717, 1.165) is 0 Å². The number of anilines is 1. The van der Waals surface area contributed by atoms with Crippen LogP contribution < -0.4 is 5.32 Å². The zero-order chi connectivity index (χ0) is 10.8. The Bertz CT molecular complexity index is 245. The number of carbonyl (C=O) groups is 1. The van der Waals surface area contributed by atoms with E-state index < -0.39 is 6.09 Å². The molecule has 0 fully saturated rings. The molecule has 0 heterocycles. The van der Waals surface area contributed by atoms with Gasteiger partial charge in [-0.25, -0.2) is 4.79 Å². The van der Waals surface area contributed by atoms with Gasteiger partial charge in [0.15, 0.2) is 0 Å². The smallest absolute Gasteiger partial charge is 0.409 e. The Hall–Kier alpha value is -1.51. The van der Waals surface area contributed by atoms with Crippen molar-refractivity contribution in [1.29, 1.82) is 0 Å². The first-order valence-electron chi connectivity index (χ1n) is 4.75. The van der Waals surface area contributed by atoms with Gasteiger partial charge in [-0.2, -0.15) is 0 Å². The highest BCUT2D eigenvalue weighted by atomic mass is 16.4. The van der Waals surface area contributed by atoms with Crippen molar-refractivity contribution < 1.29 is 9.90 Å². The van der Waals surface area contributed by atoms with Gasteiger partial charge in [-0.1, -0.05) is 44.9 Å². The molecule has 0 unspecified atom stereocenters. The molecule has 14 heavy (non-hydrogen) atoms. The van der Waals surface area contributed by atoms with Gasteiger partial charge in [-0.15, -0.1) is 0 Å². The summed E-state index contributed by atoms with van der Waals surface area (Å²) in [5.74, 6) is 0. The van der Waals surface area contributed by atoms with Crippen molar-refractivity contribution in [3.63, 3.8) is 0 Å². The largest absolute Gasteiger partial charge is 0.465 e. The van der Waals surface area contributed by atoms with E-state index in [-0.39, 0.29) is 0 Å². The molecule has 0 saturated carbocycles. The van der Waals surface area contributed by atoms with Crippen molar-refractivity contribution in [2.75, 3.05) is 5.32 Å². The summed E-state index contributed by atoms with van der Waals surface area (Å²) in [6.45, 7) is 4.36. The fourth-order valence-corrected chi connectivity index (χ4v) is 0.645. The minimum Gasteiger partial charge on any atom is -0.465 e. The van der Waals surface area contributed by atoms with Gasteiger partial charge in [0.25, 0.3) is 0 Å². The van der Waals surface area contributed by atoms with Crippen LogP contribution in [-0.2, 0) is 0 Å². The van der Waals surface area contributed by atoms with Crippen molar-refractivity contribution in [2.24, 2.45) is 0 Å². The Kier molecular flexibility index (Phi) is 7.23. The predicted octanol–water partition coefficient (Wildman–Crippen LogP) is 3.58. The Labute approximate surface area is 84.8 Å². The molecule has 0 aliphatic heterocycles. The third-order valence-corrected chi connectivity index (χ3v) is 1.53. The molecule has 0 aliphatic rings. The van der Waals surface area contributed by atoms with E-state index >= 15 is 0 Å². The number of nitrogens with one attached hydrogen (secondary N) is 1. The molecule has 1 amide bonds. The molecule has 0 aliphatic carbocycles. The molecule has 0 bridgehead atoms. The Morgan fingerprint density at radius 3 is 2.07 bits per heavy atom. The highest BCUT2D eigenvalue weighted by Gasteiger charge is 1.93. The molecular formula is C11H17NO2. The first-order valence-corrected chi connectivity index (χ1v) is 4.75. The average Bonchev–Trinajstić information content (AvgIpc) is 2.19. The van der Waals surface area contributed by atoms with Gasteiger partial charge in [-0.05, 0) is 12.1 Å². The maximum Gasteiger partial charge on any atom is 0.409 e. The number of hydrogen-bond acceptors (Lipinski definition) is 1. The monoisotopic (exact) mass is 195 g/mol. The number of benzene rings is 1. The fraction of sp³-hybridized carbons (Fsp3) is 0.364. The summed E-state index contributed by atoms with van der Waals surface area (Å²) in [6, 6.07) is 8.74. The van der Waals surface area contributed by atoms with Gasteiger partial charge in [0.05, 0.1) is 0 Å². The average molecular weight is 195 g/mol. The van der Waals surface area contributed by atoms with E-state index in [4.69, 9.17) is 5.11 Å². The third kappa shape index (κ3) is 7.16. The zero-order valence-electron chi connectivity index (χ0n) is 8.66. The molecule has 1 aromatic rings. The van der Waals surface area contributed by atoms with Crippen LogP contribution in [0.4, 0.5) is 10.5 Å². The summed E-state index contributed by atoms with van der Waals surface area (Å²) in [5.41, 5.74) is 0.593. The van der Waals surface area contributed by atoms with Gasteiger partial charge < -0.3 is 5.11 Å². The van der Waals surface area contributed by atoms with Crippen LogP contribution in [0.5, 0.6) is 0 Å². The van der Waals surface area contributed by atoms with Crippen molar-refractivity contribution in [3.05, 3.63) is 30.3 Å². The summed E-state index contributed by atoms with van der Waals surface area (Å²) in [5, 5.41) is 10.5. The second-order valence-electron chi connectivity index (χ2n) is 2.80. The number of para-hydroxylation sites is 1. The molecule has 3 nitrogen and oxygen atoms in total. The highest BCUT2D eigenvalue weighted by Crippen LogP contribution is 2.03. The lowest BCUT2D eigenvalue weighted by Crippen LogP contribution is -2.06. The van der Waals surface area contributed by atoms with Crippen LogP contribution in [0.1, 0.15) is 26.7 Å². The lowest BCUT2D eigenvalue weighted by Gasteiger charge is -1.96. The van der Waals surface area contributed by atoms with Gasteiger partial charge in [0.1, 0.15) is 0 Å². The van der Waals surface area contributed by atoms with E-state index in [1.165, 1.54) is 12.8 Å². The van der Waals surface area contributed by atoms with E-state index in [2.05, 4.69) is 19.2 Å². The maximum atomic E-state index is 10.1. The molecule has 2 N–H and O–H groups in total. The van der Waals surface area contributed by atoms with E-state index in [9.17, 15) is 4.79 Å². The predicted molar refractivity (Wildman–Crippen MR) is 58.7 cm³/mol. The molecule has 3 heteroatoms. The topological polar surface area (TPSA) is 49.3 Å². The first-order chi connectivity index (χ1) is 6.70. The van der Waals surface area contributed by atoms with Crippen LogP contribution in [-0.4, -0.2) is 11.2 Å². The fourth-order valence-electron chi connectivity index (χ4n) is 0.645. The minimum atomic E-state index is -1.04. The SMILES string of the molecule is CCCC.O=C(O)Nc1ccccc1. The van der Waals surface area contributed by atoms with Crippen LogP contribution in [0.3, 0.4) is 0 Å². The Morgan fingerprint density at radius 2 is 1.71 bits per heavy atom. The number of rotatable bonds is 2. The van der Waals surface area contributed by atoms with Crippen LogP contribution in [0.25, 0.3) is 0 Å². The first kappa shape index (κ1) is 12.5. The number of unbranched alkanes of at least 4 members (excludes halogenated alkanes) is 1. The van der Waals surface area contributed by atoms with Gasteiger partial charge in [0.2, 0.25) is 0 Å². The lowest BCUT2D eigenvalue weighted by molar-refractivity contribution is 0.210. The molecule has 0 spiro atoms. The summed E-state index contributed by atoms with van der Waals surface area (Å²) < 4.78 is 0. The van der Waals surface area contributed by atoms with Gasteiger partial charge in [0, 0.05) is 5.69 Å². The van der Waals surface area contributed by atoms with Crippen molar-refractivity contribution in [2.45, 2.75) is 26.7 Å². The molecule has 0 aromatic heterocycles. The van der Waals surface area contributed by atoms with E-state index in [1.54, 1.807) is 24.3 Å². The Balaban J connectivity index is 0.000000364. The van der Waals surface area contributed by atoms with Crippen molar-refractivity contribution >= 4 is 11.8 Å². The van der Waals surface area contributed by atoms with E-state index in [1.807, 2.05) is 6.07 Å². The molecule has 0 atom stereocenters. The summed E-state index contributed by atoms with van der Waals surface area (Å²) in [6.07, 6.45) is 1.60. The standard InChI is InChI=1S/C7H7NO2.C4H10/c9-7(10)8-6-4-2-1-3-5-6;1-3-4-2/h1-5,8H,(H,9,10);3-4H2,1-2H3. The van der Waals surface area contributed by atoms with Crippen molar-refractivity contribution in [1.82, 2.24) is 0 Å². The Morgan fingerprint density at radius 1 is 1.21 bits per heavy atom. The number of hydrogen-bond donors (Lipinski definition) is 2.